The standard InChI is InChI=1S/C14H18N2O2/c1-5-18-14(17)11-6-10(4)16-8-12(9(2)3)15-13(16)7-11/h6-9H,5H2,1-4H3. The van der Waals surface area contributed by atoms with E-state index in [0.717, 1.165) is 17.0 Å². The van der Waals surface area contributed by atoms with Gasteiger partial charge in [0.05, 0.1) is 17.9 Å². The van der Waals surface area contributed by atoms with Gasteiger partial charge in [-0.3, -0.25) is 0 Å². The Kier molecular flexibility index (Phi) is 3.36. The smallest absolute Gasteiger partial charge is 0.338 e. The van der Waals surface area contributed by atoms with Gasteiger partial charge in [-0.05, 0) is 31.9 Å². The Balaban J connectivity index is 2.51. The van der Waals surface area contributed by atoms with Crippen molar-refractivity contribution < 1.29 is 9.53 Å². The second-order valence-electron chi connectivity index (χ2n) is 4.65. The molecule has 0 atom stereocenters. The van der Waals surface area contributed by atoms with E-state index in [4.69, 9.17) is 4.74 Å². The number of fused-ring (bicyclic) bond motifs is 1. The molecular weight excluding hydrogens is 228 g/mol. The Morgan fingerprint density at radius 2 is 2.17 bits per heavy atom. The first-order valence-corrected chi connectivity index (χ1v) is 6.19. The van der Waals surface area contributed by atoms with E-state index in [9.17, 15) is 4.79 Å². The van der Waals surface area contributed by atoms with Gasteiger partial charge in [-0.2, -0.15) is 0 Å². The molecule has 0 amide bonds. The number of hydrogen-bond donors (Lipinski definition) is 0. The van der Waals surface area contributed by atoms with Crippen LogP contribution in [-0.2, 0) is 4.74 Å². The Labute approximate surface area is 107 Å². The lowest BCUT2D eigenvalue weighted by Gasteiger charge is -2.04. The third-order valence-corrected chi connectivity index (χ3v) is 2.88. The average Bonchev–Trinajstić information content (AvgIpc) is 2.73. The van der Waals surface area contributed by atoms with Crippen LogP contribution >= 0.6 is 0 Å². The van der Waals surface area contributed by atoms with Gasteiger partial charge >= 0.3 is 5.97 Å². The summed E-state index contributed by atoms with van der Waals surface area (Å²) < 4.78 is 7.01. The van der Waals surface area contributed by atoms with Gasteiger partial charge in [-0.1, -0.05) is 13.8 Å². The highest BCUT2D eigenvalue weighted by Crippen LogP contribution is 2.18. The van der Waals surface area contributed by atoms with Crippen molar-refractivity contribution in [2.24, 2.45) is 0 Å². The summed E-state index contributed by atoms with van der Waals surface area (Å²) in [7, 11) is 0. The van der Waals surface area contributed by atoms with Gasteiger partial charge in [0.15, 0.2) is 0 Å². The maximum absolute atomic E-state index is 11.7. The summed E-state index contributed by atoms with van der Waals surface area (Å²) in [5.41, 5.74) is 3.36. The highest BCUT2D eigenvalue weighted by molar-refractivity contribution is 5.90. The topological polar surface area (TPSA) is 43.6 Å². The van der Waals surface area contributed by atoms with Crippen molar-refractivity contribution in [1.82, 2.24) is 9.38 Å². The fraction of sp³-hybridized carbons (Fsp3) is 0.429. The highest BCUT2D eigenvalue weighted by atomic mass is 16.5. The number of pyridine rings is 1. The number of carbonyl (C=O) groups excluding carboxylic acids is 1. The molecule has 0 N–H and O–H groups in total. The number of aromatic nitrogens is 2. The summed E-state index contributed by atoms with van der Waals surface area (Å²) in [6.45, 7) is 8.35. The van der Waals surface area contributed by atoms with Crippen molar-refractivity contribution >= 4 is 11.6 Å². The number of rotatable bonds is 3. The van der Waals surface area contributed by atoms with Crippen LogP contribution in [0, 0.1) is 6.92 Å². The molecule has 0 radical (unpaired) electrons. The van der Waals surface area contributed by atoms with E-state index in [1.54, 1.807) is 13.0 Å². The Hall–Kier alpha value is -1.84. The Morgan fingerprint density at radius 1 is 1.44 bits per heavy atom. The predicted octanol–water partition coefficient (Wildman–Crippen LogP) is 2.94. The first kappa shape index (κ1) is 12.6. The zero-order valence-electron chi connectivity index (χ0n) is 11.2. The Morgan fingerprint density at radius 3 is 2.78 bits per heavy atom. The summed E-state index contributed by atoms with van der Waals surface area (Å²) >= 11 is 0. The van der Waals surface area contributed by atoms with Gasteiger partial charge < -0.3 is 9.14 Å². The molecular formula is C14H18N2O2. The van der Waals surface area contributed by atoms with E-state index < -0.39 is 0 Å². The summed E-state index contributed by atoms with van der Waals surface area (Å²) in [5.74, 6) is 0.0764. The van der Waals surface area contributed by atoms with Crippen molar-refractivity contribution in [3.05, 3.63) is 35.3 Å². The van der Waals surface area contributed by atoms with Crippen LogP contribution in [0.3, 0.4) is 0 Å². The molecule has 0 unspecified atom stereocenters. The monoisotopic (exact) mass is 246 g/mol. The van der Waals surface area contributed by atoms with E-state index in [-0.39, 0.29) is 5.97 Å². The number of esters is 1. The summed E-state index contributed by atoms with van der Waals surface area (Å²) in [4.78, 5) is 16.3. The minimum atomic E-state index is -0.294. The van der Waals surface area contributed by atoms with Crippen LogP contribution < -0.4 is 0 Å². The third-order valence-electron chi connectivity index (χ3n) is 2.88. The molecule has 0 bridgehead atoms. The predicted molar refractivity (Wildman–Crippen MR) is 70.0 cm³/mol. The van der Waals surface area contributed by atoms with Gasteiger partial charge in [0, 0.05) is 11.9 Å². The van der Waals surface area contributed by atoms with Crippen molar-refractivity contribution in [2.75, 3.05) is 6.61 Å². The molecule has 0 spiro atoms. The van der Waals surface area contributed by atoms with Gasteiger partial charge in [-0.15, -0.1) is 0 Å². The molecule has 2 aromatic heterocycles. The largest absolute Gasteiger partial charge is 0.462 e. The SMILES string of the molecule is CCOC(=O)c1cc(C)n2cc(C(C)C)nc2c1. The molecule has 2 aromatic rings. The lowest BCUT2D eigenvalue weighted by Crippen LogP contribution is -2.06. The molecule has 0 saturated carbocycles. The molecule has 18 heavy (non-hydrogen) atoms. The van der Waals surface area contributed by atoms with E-state index in [2.05, 4.69) is 18.8 Å². The van der Waals surface area contributed by atoms with E-state index in [0.29, 0.717) is 18.1 Å². The molecule has 96 valence electrons. The van der Waals surface area contributed by atoms with E-state index >= 15 is 0 Å². The molecule has 0 saturated heterocycles. The Bertz CT molecular complexity index is 585. The van der Waals surface area contributed by atoms with Gasteiger partial charge in [0.1, 0.15) is 5.65 Å². The van der Waals surface area contributed by atoms with Gasteiger partial charge in [0.25, 0.3) is 0 Å². The van der Waals surface area contributed by atoms with Crippen LogP contribution in [0.4, 0.5) is 0 Å². The number of nitrogens with zero attached hydrogens (tertiary/aromatic N) is 2. The number of imidazole rings is 1. The van der Waals surface area contributed by atoms with Gasteiger partial charge in [-0.25, -0.2) is 9.78 Å². The van der Waals surface area contributed by atoms with E-state index in [1.807, 2.05) is 23.6 Å². The molecule has 4 nitrogen and oxygen atoms in total. The summed E-state index contributed by atoms with van der Waals surface area (Å²) in [6, 6.07) is 3.60. The summed E-state index contributed by atoms with van der Waals surface area (Å²) in [5, 5.41) is 0. The molecule has 0 aliphatic rings. The normalized spacial score (nSPS) is 11.2. The fourth-order valence-electron chi connectivity index (χ4n) is 1.88. The zero-order valence-corrected chi connectivity index (χ0v) is 11.2. The molecule has 4 heteroatoms. The molecule has 0 aromatic carbocycles. The number of aryl methyl sites for hydroxylation is 1. The van der Waals surface area contributed by atoms with Crippen LogP contribution in [0.5, 0.6) is 0 Å². The fourth-order valence-corrected chi connectivity index (χ4v) is 1.88. The molecule has 0 fully saturated rings. The lowest BCUT2D eigenvalue weighted by atomic mass is 10.2. The number of ether oxygens (including phenoxy) is 1. The maximum atomic E-state index is 11.7. The van der Waals surface area contributed by atoms with Crippen LogP contribution in [0.2, 0.25) is 0 Å². The molecule has 2 heterocycles. The van der Waals surface area contributed by atoms with Crippen LogP contribution in [0.1, 0.15) is 48.4 Å². The van der Waals surface area contributed by atoms with Crippen LogP contribution in [0.15, 0.2) is 18.3 Å². The molecule has 0 aliphatic heterocycles. The van der Waals surface area contributed by atoms with Gasteiger partial charge in [0.2, 0.25) is 0 Å². The lowest BCUT2D eigenvalue weighted by molar-refractivity contribution is 0.0526. The number of hydrogen-bond acceptors (Lipinski definition) is 3. The van der Waals surface area contributed by atoms with E-state index in [1.165, 1.54) is 0 Å². The minimum Gasteiger partial charge on any atom is -0.462 e. The van der Waals surface area contributed by atoms with Crippen molar-refractivity contribution in [3.8, 4) is 0 Å². The average molecular weight is 246 g/mol. The number of carbonyl (C=O) groups is 1. The second-order valence-corrected chi connectivity index (χ2v) is 4.65. The first-order chi connectivity index (χ1) is 8.52. The second kappa shape index (κ2) is 4.80. The zero-order chi connectivity index (χ0) is 13.3. The van der Waals surface area contributed by atoms with Crippen molar-refractivity contribution in [1.29, 1.82) is 0 Å². The third kappa shape index (κ3) is 2.23. The quantitative estimate of drug-likeness (QED) is 0.782. The minimum absolute atomic E-state index is 0.294. The molecule has 0 aliphatic carbocycles. The first-order valence-electron chi connectivity index (χ1n) is 6.19. The summed E-state index contributed by atoms with van der Waals surface area (Å²) in [6.07, 6.45) is 2.02. The van der Waals surface area contributed by atoms with Crippen LogP contribution in [0.25, 0.3) is 5.65 Å². The highest BCUT2D eigenvalue weighted by Gasteiger charge is 2.12. The van der Waals surface area contributed by atoms with Crippen LogP contribution in [-0.4, -0.2) is 22.0 Å². The van der Waals surface area contributed by atoms with Crippen molar-refractivity contribution in [3.63, 3.8) is 0 Å². The molecule has 2 rings (SSSR count). The van der Waals surface area contributed by atoms with Crippen molar-refractivity contribution in [2.45, 2.75) is 33.6 Å². The maximum Gasteiger partial charge on any atom is 0.338 e.